The molecule has 0 amide bonds. The lowest BCUT2D eigenvalue weighted by atomic mass is 9.82. The fourth-order valence-corrected chi connectivity index (χ4v) is 11.8. The van der Waals surface area contributed by atoms with E-state index in [2.05, 4.69) is 54.4 Å². The first kappa shape index (κ1) is 57.4. The van der Waals surface area contributed by atoms with Crippen molar-refractivity contribution in [3.8, 4) is 0 Å². The maximum atomic E-state index is 13.5. The largest absolute Gasteiger partial charge is 0.462 e. The van der Waals surface area contributed by atoms with Crippen LogP contribution >= 0.6 is 0 Å². The number of likely N-dealkylation sites (N-methyl/N-ethyl adjacent to an activating group) is 2. The van der Waals surface area contributed by atoms with Crippen LogP contribution in [0.1, 0.15) is 97.6 Å². The number of cyclic esters (lactones) is 1. The van der Waals surface area contributed by atoms with Crippen molar-refractivity contribution in [3.05, 3.63) is 90.0 Å². The van der Waals surface area contributed by atoms with Crippen LogP contribution < -0.4 is 10.2 Å². The van der Waals surface area contributed by atoms with Gasteiger partial charge < -0.3 is 73.1 Å². The van der Waals surface area contributed by atoms with Crippen molar-refractivity contribution in [3.63, 3.8) is 0 Å². The van der Waals surface area contributed by atoms with Gasteiger partial charge in [0, 0.05) is 44.8 Å². The Morgan fingerprint density at radius 1 is 0.863 bits per heavy atom. The molecule has 4 N–H and O–H groups in total. The summed E-state index contributed by atoms with van der Waals surface area (Å²) < 4.78 is 58.7. The van der Waals surface area contributed by atoms with Crippen LogP contribution in [0.5, 0.6) is 0 Å². The number of ether oxygens (including phenoxy) is 9. The number of nitrogens with one attached hydrogen (secondary N) is 1. The number of aliphatic hydroxyl groups is 3. The second kappa shape index (κ2) is 26.6. The van der Waals surface area contributed by atoms with Crippen LogP contribution in [0, 0.1) is 11.8 Å². The van der Waals surface area contributed by atoms with Crippen molar-refractivity contribution in [2.24, 2.45) is 11.8 Å². The average molecular weight is 1020 g/mol. The molecule has 5 aliphatic rings. The Morgan fingerprint density at radius 3 is 2.32 bits per heavy atom. The number of carbonyl (C=O) groups is 1. The van der Waals surface area contributed by atoms with Crippen LogP contribution in [0.3, 0.4) is 0 Å². The van der Waals surface area contributed by atoms with Gasteiger partial charge >= 0.3 is 5.97 Å². The van der Waals surface area contributed by atoms with Gasteiger partial charge in [0.25, 0.3) is 0 Å². The van der Waals surface area contributed by atoms with Crippen molar-refractivity contribution in [2.45, 2.75) is 203 Å². The van der Waals surface area contributed by atoms with Crippen molar-refractivity contribution < 1.29 is 62.7 Å². The van der Waals surface area contributed by atoms with E-state index in [9.17, 15) is 20.1 Å². The first-order chi connectivity index (χ1) is 35.0. The average Bonchev–Trinajstić information content (AvgIpc) is 3.76. The molecule has 0 aliphatic carbocycles. The summed E-state index contributed by atoms with van der Waals surface area (Å²) >= 11 is 0. The molecule has 2 aromatic carbocycles. The second-order valence-electron chi connectivity index (χ2n) is 21.7. The third-order valence-electron chi connectivity index (χ3n) is 15.7. The van der Waals surface area contributed by atoms with Crippen molar-refractivity contribution in [1.29, 1.82) is 0 Å². The second-order valence-corrected chi connectivity index (χ2v) is 21.7. The zero-order valence-electron chi connectivity index (χ0n) is 45.0. The van der Waals surface area contributed by atoms with Crippen LogP contribution in [-0.4, -0.2) is 171 Å². The summed E-state index contributed by atoms with van der Waals surface area (Å²) in [5.41, 5.74) is 2.17. The highest BCUT2D eigenvalue weighted by atomic mass is 16.7. The number of para-hydroxylation sites is 1. The lowest BCUT2D eigenvalue weighted by Crippen LogP contribution is -2.66. The number of fused-ring (bicyclic) bond motifs is 1. The number of hydrogen-bond acceptors (Lipinski definition) is 16. The van der Waals surface area contributed by atoms with Gasteiger partial charge in [0.2, 0.25) is 0 Å². The molecule has 408 valence electrons. The predicted octanol–water partition coefficient (Wildman–Crippen LogP) is 6.07. The zero-order chi connectivity index (χ0) is 52.4. The lowest BCUT2D eigenvalue weighted by molar-refractivity contribution is -0.346. The maximum absolute atomic E-state index is 13.5. The summed E-state index contributed by atoms with van der Waals surface area (Å²) in [7, 11) is 7.20. The molecule has 7 rings (SSSR count). The first-order valence-corrected chi connectivity index (χ1v) is 26.8. The number of carbonyl (C=O) groups excluding carboxylic acids is 1. The molecule has 3 saturated heterocycles. The summed E-state index contributed by atoms with van der Waals surface area (Å²) in [6.45, 7) is 13.4. The predicted molar refractivity (Wildman–Crippen MR) is 278 cm³/mol. The molecule has 5 aliphatic heterocycles. The van der Waals surface area contributed by atoms with E-state index in [-0.39, 0.29) is 42.9 Å². The molecule has 0 unspecified atom stereocenters. The summed E-state index contributed by atoms with van der Waals surface area (Å²) in [5, 5.41) is 39.9. The summed E-state index contributed by atoms with van der Waals surface area (Å²) in [6, 6.07) is 17.8. The number of methoxy groups -OCH3 is 1. The lowest BCUT2D eigenvalue weighted by Gasteiger charge is -2.50. The van der Waals surface area contributed by atoms with Crippen molar-refractivity contribution >= 4 is 11.7 Å². The Morgan fingerprint density at radius 2 is 1.60 bits per heavy atom. The van der Waals surface area contributed by atoms with Crippen LogP contribution in [0.4, 0.5) is 5.69 Å². The third-order valence-corrected chi connectivity index (χ3v) is 15.7. The van der Waals surface area contributed by atoms with E-state index in [4.69, 9.17) is 42.6 Å². The number of anilines is 1. The normalized spacial score (nSPS) is 40.0. The topological polar surface area (TPSA) is 179 Å². The minimum Gasteiger partial charge on any atom is -0.462 e. The fourth-order valence-electron chi connectivity index (χ4n) is 11.8. The van der Waals surface area contributed by atoms with Crippen LogP contribution in [0.25, 0.3) is 0 Å². The molecule has 3 fully saturated rings. The molecule has 0 saturated carbocycles. The van der Waals surface area contributed by atoms with E-state index in [1.807, 2.05) is 95.4 Å². The molecule has 0 bridgehead atoms. The molecule has 73 heavy (non-hydrogen) atoms. The molecule has 2 aromatic rings. The summed E-state index contributed by atoms with van der Waals surface area (Å²) in [6.07, 6.45) is 1.49. The molecular weight excluding hydrogens is 935 g/mol. The molecule has 5 heterocycles. The summed E-state index contributed by atoms with van der Waals surface area (Å²) in [5.74, 6) is -1.01. The smallest absolute Gasteiger partial charge is 0.308 e. The Hall–Kier alpha value is -3.33. The molecule has 0 aromatic heterocycles. The minimum atomic E-state index is -1.34. The number of hydrogen-bond donors (Lipinski definition) is 4. The molecule has 0 spiro atoms. The molecule has 16 nitrogen and oxygen atoms in total. The van der Waals surface area contributed by atoms with E-state index < -0.39 is 91.4 Å². The van der Waals surface area contributed by atoms with Crippen molar-refractivity contribution in [2.75, 3.05) is 46.2 Å². The van der Waals surface area contributed by atoms with Crippen LogP contribution in [0.15, 0.2) is 78.9 Å². The number of nitrogens with zero attached hydrogens (tertiary/aromatic N) is 2. The SMILES string of the molecule is CN[C@H]1CC[C@H](O[C@H]2/C=C/C=C/C[C@H](C)OC(=O)C[C@@H](O)[C@H](OC)[C@@H](O[C@@H]3O[C@H](C)[C@@H](O[C@H]4C[C@@](C)(O)[C@@H](OCc5ccccc5)[C@H](C)O4)[C@H](N(C)C)[C@H]3O)[C@@H](CCN3CCc4ccccc43)C[C@H]2C)O[C@@H]1C. The van der Waals surface area contributed by atoms with Gasteiger partial charge in [-0.25, -0.2) is 0 Å². The van der Waals surface area contributed by atoms with Gasteiger partial charge in [0.05, 0.1) is 61.3 Å². The minimum absolute atomic E-state index is 0.0396. The summed E-state index contributed by atoms with van der Waals surface area (Å²) in [4.78, 5) is 17.8. The Balaban J connectivity index is 1.17. The highest BCUT2D eigenvalue weighted by Gasteiger charge is 2.52. The Labute approximate surface area is 434 Å². The number of benzene rings is 2. The molecule has 16 heteroatoms. The molecule has 19 atom stereocenters. The van der Waals surface area contributed by atoms with E-state index >= 15 is 0 Å². The molecule has 0 radical (unpaired) electrons. The Kier molecular flexibility index (Phi) is 20.9. The quantitative estimate of drug-likeness (QED) is 0.151. The maximum Gasteiger partial charge on any atom is 0.308 e. The number of aliphatic hydroxyl groups excluding tert-OH is 2. The van der Waals surface area contributed by atoms with Crippen LogP contribution in [0.2, 0.25) is 0 Å². The van der Waals surface area contributed by atoms with E-state index in [1.165, 1.54) is 18.4 Å². The van der Waals surface area contributed by atoms with E-state index in [0.717, 1.165) is 31.4 Å². The first-order valence-electron chi connectivity index (χ1n) is 26.8. The van der Waals surface area contributed by atoms with Gasteiger partial charge in [-0.05, 0) is 117 Å². The number of allylic oxidation sites excluding steroid dienone is 2. The van der Waals surface area contributed by atoms with E-state index in [0.29, 0.717) is 32.4 Å². The van der Waals surface area contributed by atoms with Gasteiger partial charge in [-0.3, -0.25) is 4.79 Å². The Bertz CT molecular complexity index is 2060. The zero-order valence-corrected chi connectivity index (χ0v) is 45.0. The monoisotopic (exact) mass is 1020 g/mol. The van der Waals surface area contributed by atoms with Gasteiger partial charge in [-0.1, -0.05) is 79.8 Å². The number of rotatable bonds is 15. The fraction of sp³-hybridized carbons (Fsp3) is 0.702. The van der Waals surface area contributed by atoms with Crippen molar-refractivity contribution in [1.82, 2.24) is 10.2 Å². The van der Waals surface area contributed by atoms with Gasteiger partial charge in [-0.2, -0.15) is 0 Å². The van der Waals surface area contributed by atoms with Crippen LogP contribution in [-0.2, 0) is 60.5 Å². The number of esters is 1. The van der Waals surface area contributed by atoms with E-state index in [1.54, 1.807) is 6.92 Å². The molecular formula is C57H87N3O13. The van der Waals surface area contributed by atoms with Gasteiger partial charge in [0.1, 0.15) is 30.5 Å². The highest BCUT2D eigenvalue weighted by Crippen LogP contribution is 2.39. The standard InChI is InChI=1S/C57H87N3O13/c1-35-31-42(28-30-60-29-27-41-22-17-18-23-44(41)60)53(54(65-10)45(61)32-47(62)67-36(2)19-13-11-16-24-46(35)71-48-26-25-43(58-7)37(3)68-48)73-56-51(63)50(59(8)9)52(38(4)70-56)72-49-33-57(6,64)55(39(5)69-49)66-34-40-20-14-12-15-21-40/h11-18,20-24,35-39,42-43,45-46,48-56,58,61,63-64H,19,25-34H2,1-10H3/b13-11+,24-16+/t35-,36+,37-,38-,39+,42+,43+,45-,46+,48+,49+,50-,51-,52-,53+,54+,55+,56+,57-/m1/s1. The van der Waals surface area contributed by atoms with Gasteiger partial charge in [0.15, 0.2) is 18.9 Å². The highest BCUT2D eigenvalue weighted by molar-refractivity contribution is 5.70. The third kappa shape index (κ3) is 15.0. The van der Waals surface area contributed by atoms with Gasteiger partial charge in [-0.15, -0.1) is 0 Å².